The Morgan fingerprint density at radius 3 is 2.33 bits per heavy atom. The third kappa shape index (κ3) is 8.77. The molecule has 0 aliphatic rings. The van der Waals surface area contributed by atoms with Crippen LogP contribution in [0, 0.1) is 0 Å². The number of esters is 1. The highest BCUT2D eigenvalue weighted by Crippen LogP contribution is 2.20. The number of amides is 1. The van der Waals surface area contributed by atoms with Crippen LogP contribution >= 0.6 is 11.8 Å². The predicted octanol–water partition coefficient (Wildman–Crippen LogP) is 3.85. The van der Waals surface area contributed by atoms with Gasteiger partial charge in [-0.2, -0.15) is 0 Å². The van der Waals surface area contributed by atoms with Crippen LogP contribution in [-0.4, -0.2) is 35.9 Å². The van der Waals surface area contributed by atoms with E-state index >= 15 is 0 Å². The first kappa shape index (κ1) is 22.8. The predicted molar refractivity (Wildman–Crippen MR) is 106 cm³/mol. The van der Waals surface area contributed by atoms with Crippen molar-refractivity contribution in [3.8, 4) is 0 Å². The quantitative estimate of drug-likeness (QED) is 0.410. The lowest BCUT2D eigenvalue weighted by atomic mass is 10.1. The topological polar surface area (TPSA) is 81.7 Å². The summed E-state index contributed by atoms with van der Waals surface area (Å²) in [4.78, 5) is 36.6. The molecule has 0 radical (unpaired) electrons. The minimum atomic E-state index is -0.848. The lowest BCUT2D eigenvalue weighted by Gasteiger charge is -2.23. The Labute approximate surface area is 164 Å². The highest BCUT2D eigenvalue weighted by molar-refractivity contribution is 7.99. The summed E-state index contributed by atoms with van der Waals surface area (Å²) in [6.07, 6.45) is 0.725. The van der Waals surface area contributed by atoms with Gasteiger partial charge in [0.1, 0.15) is 11.0 Å². The standard InChI is InChI=1S/C20H27NO5S/c1-6-15(18(23)25-5)12-16(22)17(21-19(24)26-20(2,3)4)27-13-14-10-8-7-9-11-14/h6-11,17H,12-13H2,1-5H3,(H,21,24)/b15-6+. The van der Waals surface area contributed by atoms with Crippen molar-refractivity contribution in [1.29, 1.82) is 0 Å². The maximum atomic E-state index is 12.7. The molecule has 1 aromatic carbocycles. The summed E-state index contributed by atoms with van der Waals surface area (Å²) in [6, 6.07) is 9.60. The first-order valence-corrected chi connectivity index (χ1v) is 9.62. The van der Waals surface area contributed by atoms with E-state index in [1.165, 1.54) is 24.9 Å². The maximum Gasteiger partial charge on any atom is 0.408 e. The Morgan fingerprint density at radius 1 is 1.19 bits per heavy atom. The maximum absolute atomic E-state index is 12.7. The molecule has 0 aliphatic heterocycles. The first-order chi connectivity index (χ1) is 12.7. The van der Waals surface area contributed by atoms with E-state index in [9.17, 15) is 14.4 Å². The molecule has 0 aliphatic carbocycles. The second-order valence-corrected chi connectivity index (χ2v) is 7.86. The summed E-state index contributed by atoms with van der Waals surface area (Å²) in [5, 5.41) is 1.76. The van der Waals surface area contributed by atoms with E-state index in [0.717, 1.165) is 5.56 Å². The molecule has 7 heteroatoms. The zero-order valence-corrected chi connectivity index (χ0v) is 17.2. The van der Waals surface area contributed by atoms with Crippen LogP contribution in [0.3, 0.4) is 0 Å². The SMILES string of the molecule is C/C=C(\CC(=O)C(NC(=O)OC(C)(C)C)SCc1ccccc1)C(=O)OC. The summed E-state index contributed by atoms with van der Waals surface area (Å²) < 4.78 is 9.93. The first-order valence-electron chi connectivity index (χ1n) is 8.57. The van der Waals surface area contributed by atoms with E-state index in [1.807, 2.05) is 30.3 Å². The number of ether oxygens (including phenoxy) is 2. The normalized spacial score (nSPS) is 12.9. The number of benzene rings is 1. The fraction of sp³-hybridized carbons (Fsp3) is 0.450. The van der Waals surface area contributed by atoms with Crippen molar-refractivity contribution in [3.05, 3.63) is 47.5 Å². The van der Waals surface area contributed by atoms with Gasteiger partial charge in [0.25, 0.3) is 0 Å². The van der Waals surface area contributed by atoms with E-state index in [0.29, 0.717) is 5.75 Å². The summed E-state index contributed by atoms with van der Waals surface area (Å²) in [7, 11) is 1.26. The fourth-order valence-electron chi connectivity index (χ4n) is 2.09. The second-order valence-electron chi connectivity index (χ2n) is 6.77. The van der Waals surface area contributed by atoms with Crippen LogP contribution in [0.2, 0.25) is 0 Å². The lowest BCUT2D eigenvalue weighted by molar-refractivity contribution is -0.137. The van der Waals surface area contributed by atoms with Crippen molar-refractivity contribution in [1.82, 2.24) is 5.32 Å². The Kier molecular flexibility index (Phi) is 9.08. The van der Waals surface area contributed by atoms with E-state index in [-0.39, 0.29) is 17.8 Å². The van der Waals surface area contributed by atoms with Crippen molar-refractivity contribution in [2.45, 2.75) is 50.8 Å². The number of hydrogen-bond donors (Lipinski definition) is 1. The van der Waals surface area contributed by atoms with Crippen LogP contribution in [0.5, 0.6) is 0 Å². The minimum absolute atomic E-state index is 0.134. The van der Waals surface area contributed by atoms with Gasteiger partial charge >= 0.3 is 12.1 Å². The second kappa shape index (κ2) is 10.8. The Morgan fingerprint density at radius 2 is 1.81 bits per heavy atom. The van der Waals surface area contributed by atoms with Crippen molar-refractivity contribution in [3.63, 3.8) is 0 Å². The molecule has 1 amide bonds. The smallest absolute Gasteiger partial charge is 0.408 e. The van der Waals surface area contributed by atoms with Gasteiger partial charge in [0, 0.05) is 17.7 Å². The summed E-state index contributed by atoms with van der Waals surface area (Å²) in [5.74, 6) is -0.341. The number of alkyl carbamates (subject to hydrolysis) is 1. The van der Waals surface area contributed by atoms with Crippen molar-refractivity contribution < 1.29 is 23.9 Å². The van der Waals surface area contributed by atoms with Gasteiger partial charge in [-0.25, -0.2) is 9.59 Å². The van der Waals surface area contributed by atoms with Crippen LogP contribution in [0.25, 0.3) is 0 Å². The number of thioether (sulfide) groups is 1. The van der Waals surface area contributed by atoms with Crippen molar-refractivity contribution >= 4 is 29.6 Å². The molecular weight excluding hydrogens is 366 g/mol. The number of Topliss-reactive ketones (excluding diaryl/α,β-unsaturated/α-hetero) is 1. The van der Waals surface area contributed by atoms with Crippen LogP contribution in [0.15, 0.2) is 42.0 Å². The average molecular weight is 394 g/mol. The number of rotatable bonds is 8. The van der Waals surface area contributed by atoms with Crippen molar-refractivity contribution in [2.75, 3.05) is 7.11 Å². The molecule has 6 nitrogen and oxygen atoms in total. The Hall–Kier alpha value is -2.28. The molecule has 1 aromatic rings. The molecule has 0 saturated carbocycles. The molecule has 1 N–H and O–H groups in total. The number of ketones is 1. The highest BCUT2D eigenvalue weighted by atomic mass is 32.2. The van der Waals surface area contributed by atoms with Crippen LogP contribution in [0.4, 0.5) is 4.79 Å². The summed E-state index contributed by atoms with van der Waals surface area (Å²) in [6.45, 7) is 6.90. The zero-order chi connectivity index (χ0) is 20.4. The highest BCUT2D eigenvalue weighted by Gasteiger charge is 2.26. The van der Waals surface area contributed by atoms with E-state index in [1.54, 1.807) is 27.7 Å². The fourth-order valence-corrected chi connectivity index (χ4v) is 3.09. The molecule has 27 heavy (non-hydrogen) atoms. The van der Waals surface area contributed by atoms with Gasteiger partial charge in [-0.05, 0) is 33.3 Å². The average Bonchev–Trinajstić information content (AvgIpc) is 2.61. The third-order valence-corrected chi connectivity index (χ3v) is 4.57. The molecule has 0 spiro atoms. The third-order valence-electron chi connectivity index (χ3n) is 3.36. The summed E-state index contributed by atoms with van der Waals surface area (Å²) >= 11 is 1.27. The van der Waals surface area contributed by atoms with Gasteiger partial charge in [-0.15, -0.1) is 11.8 Å². The van der Waals surface area contributed by atoms with E-state index in [2.05, 4.69) is 10.1 Å². The van der Waals surface area contributed by atoms with Gasteiger partial charge in [0.2, 0.25) is 0 Å². The van der Waals surface area contributed by atoms with Crippen molar-refractivity contribution in [2.24, 2.45) is 0 Å². The molecule has 0 heterocycles. The Bertz CT molecular complexity index is 679. The van der Waals surface area contributed by atoms with Crippen LogP contribution in [-0.2, 0) is 24.8 Å². The molecule has 0 fully saturated rings. The monoisotopic (exact) mass is 393 g/mol. The van der Waals surface area contributed by atoms with Gasteiger partial charge in [-0.1, -0.05) is 36.4 Å². The Balaban J connectivity index is 2.86. The molecule has 0 bridgehead atoms. The number of carbonyl (C=O) groups is 3. The lowest BCUT2D eigenvalue weighted by Crippen LogP contribution is -2.42. The largest absolute Gasteiger partial charge is 0.466 e. The van der Waals surface area contributed by atoms with Gasteiger partial charge < -0.3 is 14.8 Å². The molecular formula is C20H27NO5S. The molecule has 148 valence electrons. The molecule has 1 rings (SSSR count). The van der Waals surface area contributed by atoms with Gasteiger partial charge in [-0.3, -0.25) is 4.79 Å². The van der Waals surface area contributed by atoms with E-state index < -0.39 is 23.0 Å². The molecule has 0 aromatic heterocycles. The van der Waals surface area contributed by atoms with E-state index in [4.69, 9.17) is 4.74 Å². The molecule has 0 saturated heterocycles. The van der Waals surface area contributed by atoms with Crippen LogP contribution in [0.1, 0.15) is 39.7 Å². The number of carbonyl (C=O) groups excluding carboxylic acids is 3. The number of methoxy groups -OCH3 is 1. The number of nitrogens with one attached hydrogen (secondary N) is 1. The van der Waals surface area contributed by atoms with Gasteiger partial charge in [0.05, 0.1) is 7.11 Å². The number of hydrogen-bond acceptors (Lipinski definition) is 6. The minimum Gasteiger partial charge on any atom is -0.466 e. The van der Waals surface area contributed by atoms with Crippen LogP contribution < -0.4 is 5.32 Å². The molecule has 1 atom stereocenters. The molecule has 1 unspecified atom stereocenters. The summed E-state index contributed by atoms with van der Waals surface area (Å²) in [5.41, 5.74) is 0.590. The number of allylic oxidation sites excluding steroid dienone is 1. The zero-order valence-electron chi connectivity index (χ0n) is 16.4. The van der Waals surface area contributed by atoms with Gasteiger partial charge in [0.15, 0.2) is 5.78 Å².